The average Bonchev–Trinajstić information content (AvgIpc) is 3.45. The molecule has 0 aliphatic carbocycles. The third-order valence-electron chi connectivity index (χ3n) is 3.43. The van der Waals surface area contributed by atoms with Crippen LogP contribution in [0.2, 0.25) is 0 Å². The van der Waals surface area contributed by atoms with E-state index in [0.29, 0.717) is 32.0 Å². The second kappa shape index (κ2) is 8.25. The van der Waals surface area contributed by atoms with Crippen LogP contribution in [0.5, 0.6) is 11.5 Å². The van der Waals surface area contributed by atoms with Crippen molar-refractivity contribution in [1.29, 1.82) is 0 Å². The van der Waals surface area contributed by atoms with Gasteiger partial charge in [0.15, 0.2) is 11.5 Å². The highest BCUT2D eigenvalue weighted by Crippen LogP contribution is 2.34. The maximum absolute atomic E-state index is 12.0. The van der Waals surface area contributed by atoms with Crippen LogP contribution < -0.4 is 9.26 Å². The molecule has 0 saturated carbocycles. The summed E-state index contributed by atoms with van der Waals surface area (Å²) in [4.78, 5) is 12.0. The maximum Gasteiger partial charge on any atom is 0.340 e. The Morgan fingerprint density at radius 2 is 2.00 bits per heavy atom. The van der Waals surface area contributed by atoms with Gasteiger partial charge in [0.1, 0.15) is 0 Å². The Morgan fingerprint density at radius 1 is 1.22 bits per heavy atom. The largest absolute Gasteiger partial charge is 0.493 e. The van der Waals surface area contributed by atoms with Crippen molar-refractivity contribution in [1.82, 2.24) is 0 Å². The number of benzene rings is 1. The highest BCUT2D eigenvalue weighted by Gasteiger charge is 2.23. The molecule has 0 amide bonds. The fourth-order valence-electron chi connectivity index (χ4n) is 1.91. The molecule has 0 bridgehead atoms. The summed E-state index contributed by atoms with van der Waals surface area (Å²) in [6.07, 6.45) is 3.45. The second-order valence-electron chi connectivity index (χ2n) is 5.30. The summed E-state index contributed by atoms with van der Waals surface area (Å²) in [7, 11) is 2.03. The number of methoxy groups -OCH3 is 1. The van der Waals surface area contributed by atoms with Gasteiger partial charge >= 0.3 is 5.97 Å². The van der Waals surface area contributed by atoms with Gasteiger partial charge in [-0.25, -0.2) is 4.79 Å². The predicted octanol–water partition coefficient (Wildman–Crippen LogP) is 2.61. The Bertz CT molecular complexity index is 545. The standard InChI is InChI=1S/C15H20O6P2/c1-17-14-6-10(15(16)21-23-9-12-8-19-12)2-3-13(14)20-22-5-4-11-7-18-11/h2-3,6,11-12,22-23H,4-5,7-9H2,1H3. The monoisotopic (exact) mass is 358 g/mol. The number of carbonyl (C=O) groups excluding carboxylic acids is 1. The average molecular weight is 358 g/mol. The third kappa shape index (κ3) is 5.58. The van der Waals surface area contributed by atoms with Crippen LogP contribution in [-0.4, -0.2) is 50.8 Å². The quantitative estimate of drug-likeness (QED) is 0.364. The van der Waals surface area contributed by atoms with Crippen LogP contribution in [0.15, 0.2) is 18.2 Å². The Kier molecular flexibility index (Phi) is 6.07. The van der Waals surface area contributed by atoms with Crippen LogP contribution in [0.4, 0.5) is 0 Å². The fraction of sp³-hybridized carbons (Fsp3) is 0.533. The summed E-state index contributed by atoms with van der Waals surface area (Å²) >= 11 is 0. The van der Waals surface area contributed by atoms with E-state index in [4.69, 9.17) is 23.3 Å². The van der Waals surface area contributed by atoms with E-state index < -0.39 is 0 Å². The number of hydrogen-bond acceptors (Lipinski definition) is 6. The molecule has 2 saturated heterocycles. The lowest BCUT2D eigenvalue weighted by Gasteiger charge is -2.11. The van der Waals surface area contributed by atoms with E-state index >= 15 is 0 Å². The summed E-state index contributed by atoms with van der Waals surface area (Å²) < 4.78 is 26.6. The number of epoxide rings is 2. The summed E-state index contributed by atoms with van der Waals surface area (Å²) in [6, 6.07) is 5.11. The molecule has 6 nitrogen and oxygen atoms in total. The van der Waals surface area contributed by atoms with Crippen molar-refractivity contribution >= 4 is 23.6 Å². The molecule has 1 aromatic carbocycles. The summed E-state index contributed by atoms with van der Waals surface area (Å²) in [5, 5.41) is 0. The van der Waals surface area contributed by atoms with Crippen molar-refractivity contribution in [2.24, 2.45) is 0 Å². The van der Waals surface area contributed by atoms with Crippen LogP contribution in [0.25, 0.3) is 0 Å². The van der Waals surface area contributed by atoms with Gasteiger partial charge < -0.3 is 23.3 Å². The number of ether oxygens (including phenoxy) is 3. The van der Waals surface area contributed by atoms with E-state index in [2.05, 4.69) is 0 Å². The minimum atomic E-state index is -0.345. The van der Waals surface area contributed by atoms with Crippen LogP contribution in [0.3, 0.4) is 0 Å². The normalized spacial score (nSPS) is 22.7. The molecule has 2 aliphatic rings. The first-order valence-corrected chi connectivity index (χ1v) is 9.74. The summed E-state index contributed by atoms with van der Waals surface area (Å²) in [5.74, 6) is 0.846. The lowest BCUT2D eigenvalue weighted by atomic mass is 10.2. The Labute approximate surface area is 138 Å². The Balaban J connectivity index is 1.48. The summed E-state index contributed by atoms with van der Waals surface area (Å²) in [5.41, 5.74) is 0.466. The molecule has 0 spiro atoms. The molecular weight excluding hydrogens is 338 g/mol. The minimum Gasteiger partial charge on any atom is -0.493 e. The van der Waals surface area contributed by atoms with Gasteiger partial charge in [-0.05, 0) is 24.6 Å². The molecule has 0 radical (unpaired) electrons. The van der Waals surface area contributed by atoms with E-state index in [1.807, 2.05) is 0 Å². The van der Waals surface area contributed by atoms with Crippen LogP contribution in [0.1, 0.15) is 16.8 Å². The van der Waals surface area contributed by atoms with Crippen molar-refractivity contribution in [3.63, 3.8) is 0 Å². The highest BCUT2D eigenvalue weighted by atomic mass is 31.1. The fourth-order valence-corrected chi connectivity index (χ4v) is 3.53. The molecule has 8 heteroatoms. The topological polar surface area (TPSA) is 69.8 Å². The van der Waals surface area contributed by atoms with E-state index in [1.165, 1.54) is 0 Å². The Morgan fingerprint density at radius 3 is 2.70 bits per heavy atom. The van der Waals surface area contributed by atoms with Crippen molar-refractivity contribution in [2.75, 3.05) is 32.6 Å². The maximum atomic E-state index is 12.0. The lowest BCUT2D eigenvalue weighted by molar-refractivity contribution is 0.0760. The van der Waals surface area contributed by atoms with E-state index in [-0.39, 0.29) is 20.9 Å². The Hall–Kier alpha value is -0.930. The molecule has 126 valence electrons. The number of hydrogen-bond donors (Lipinski definition) is 0. The first-order chi connectivity index (χ1) is 11.3. The second-order valence-corrected chi connectivity index (χ2v) is 7.19. The van der Waals surface area contributed by atoms with E-state index in [1.54, 1.807) is 25.3 Å². The molecule has 1 aromatic rings. The first kappa shape index (κ1) is 16.9. The first-order valence-electron chi connectivity index (χ1n) is 7.51. The van der Waals surface area contributed by atoms with Crippen molar-refractivity contribution in [2.45, 2.75) is 18.6 Å². The van der Waals surface area contributed by atoms with Crippen molar-refractivity contribution < 1.29 is 28.1 Å². The molecule has 0 aromatic heterocycles. The van der Waals surface area contributed by atoms with Gasteiger partial charge in [-0.15, -0.1) is 0 Å². The van der Waals surface area contributed by atoms with Gasteiger partial charge in [0, 0.05) is 12.3 Å². The molecule has 3 rings (SSSR count). The van der Waals surface area contributed by atoms with Crippen LogP contribution in [0, 0.1) is 0 Å². The van der Waals surface area contributed by atoms with Gasteiger partial charge in [-0.3, -0.25) is 0 Å². The zero-order chi connectivity index (χ0) is 16.1. The third-order valence-corrected chi connectivity index (χ3v) is 5.24. The number of carbonyl (C=O) groups is 1. The zero-order valence-electron chi connectivity index (χ0n) is 12.9. The van der Waals surface area contributed by atoms with Gasteiger partial charge in [0.25, 0.3) is 0 Å². The highest BCUT2D eigenvalue weighted by molar-refractivity contribution is 7.33. The molecule has 2 fully saturated rings. The SMILES string of the molecule is COc1cc(C(=O)OPCC2CO2)ccc1OPCCC1CO1. The smallest absolute Gasteiger partial charge is 0.340 e. The van der Waals surface area contributed by atoms with Gasteiger partial charge in [0.2, 0.25) is 0 Å². The molecular formula is C15H20O6P2. The lowest BCUT2D eigenvalue weighted by Crippen LogP contribution is -2.02. The zero-order valence-corrected chi connectivity index (χ0v) is 14.9. The molecule has 0 N–H and O–H groups in total. The molecule has 23 heavy (non-hydrogen) atoms. The van der Waals surface area contributed by atoms with Gasteiger partial charge in [0.05, 0.1) is 55.7 Å². The summed E-state index contributed by atoms with van der Waals surface area (Å²) in [6.45, 7) is 1.65. The van der Waals surface area contributed by atoms with Crippen LogP contribution in [-0.2, 0) is 14.0 Å². The van der Waals surface area contributed by atoms with Gasteiger partial charge in [-0.2, -0.15) is 0 Å². The van der Waals surface area contributed by atoms with E-state index in [0.717, 1.165) is 32.0 Å². The predicted molar refractivity (Wildman–Crippen MR) is 89.5 cm³/mol. The van der Waals surface area contributed by atoms with Crippen LogP contribution >= 0.6 is 17.6 Å². The molecule has 4 atom stereocenters. The number of rotatable bonds is 10. The molecule has 2 aliphatic heterocycles. The van der Waals surface area contributed by atoms with Crippen molar-refractivity contribution in [3.8, 4) is 11.5 Å². The van der Waals surface area contributed by atoms with Crippen molar-refractivity contribution in [3.05, 3.63) is 23.8 Å². The van der Waals surface area contributed by atoms with Gasteiger partial charge in [-0.1, -0.05) is 0 Å². The molecule has 4 unspecified atom stereocenters. The molecule has 2 heterocycles. The van der Waals surface area contributed by atoms with E-state index in [9.17, 15) is 4.79 Å². The minimum absolute atomic E-state index is 0.122.